The van der Waals surface area contributed by atoms with Crippen molar-refractivity contribution in [2.45, 2.75) is 32.4 Å². The van der Waals surface area contributed by atoms with E-state index in [1.54, 1.807) is 27.9 Å². The molecular weight excluding hydrogens is 292 g/mol. The van der Waals surface area contributed by atoms with Gasteiger partial charge in [-0.15, -0.1) is 0 Å². The molecule has 1 aromatic carbocycles. The quantitative estimate of drug-likeness (QED) is 0.875. The van der Waals surface area contributed by atoms with E-state index in [4.69, 9.17) is 0 Å². The predicted molar refractivity (Wildman–Crippen MR) is 79.2 cm³/mol. The molecule has 3 amide bonds. The Morgan fingerprint density at radius 2 is 1.86 bits per heavy atom. The Kier molecular flexibility index (Phi) is 6.27. The number of carbonyl (C=O) groups excluding carboxylic acids is 2. The Hall–Kier alpha value is -2.18. The van der Waals surface area contributed by atoms with Crippen molar-refractivity contribution < 1.29 is 18.4 Å². The number of amides is 3. The number of hydrogen-bond acceptors (Lipinski definition) is 2. The molecular formula is C15H21F2N3O2. The van der Waals surface area contributed by atoms with Crippen LogP contribution in [0.1, 0.15) is 31.9 Å². The number of nitrogens with zero attached hydrogens (tertiary/aromatic N) is 1. The van der Waals surface area contributed by atoms with Crippen LogP contribution >= 0.6 is 0 Å². The van der Waals surface area contributed by atoms with Crippen LogP contribution in [0.5, 0.6) is 0 Å². The first-order valence-electron chi connectivity index (χ1n) is 6.99. The van der Waals surface area contributed by atoms with Gasteiger partial charge in [-0.2, -0.15) is 0 Å². The number of nitrogens with one attached hydrogen (secondary N) is 2. The SMILES string of the molecule is CC[C@@H](NC(=O)N[C@H](C)C(=O)N(C)C)c1ccc(F)cc1F. The van der Waals surface area contributed by atoms with E-state index in [9.17, 15) is 18.4 Å². The molecule has 7 heteroatoms. The molecule has 0 aliphatic rings. The van der Waals surface area contributed by atoms with Crippen molar-refractivity contribution in [1.82, 2.24) is 15.5 Å². The number of benzene rings is 1. The van der Waals surface area contributed by atoms with Crippen LogP contribution in [0.15, 0.2) is 18.2 Å². The molecule has 0 aliphatic heterocycles. The summed E-state index contributed by atoms with van der Waals surface area (Å²) in [6, 6.07) is 1.31. The molecule has 0 fully saturated rings. The average Bonchev–Trinajstić information content (AvgIpc) is 2.44. The number of rotatable bonds is 5. The molecule has 5 nitrogen and oxygen atoms in total. The molecule has 22 heavy (non-hydrogen) atoms. The zero-order chi connectivity index (χ0) is 16.9. The second-order valence-electron chi connectivity index (χ2n) is 5.20. The zero-order valence-corrected chi connectivity index (χ0v) is 13.1. The van der Waals surface area contributed by atoms with Gasteiger partial charge in [-0.25, -0.2) is 13.6 Å². The number of likely N-dealkylation sites (N-methyl/N-ethyl adjacent to an activating group) is 1. The lowest BCUT2D eigenvalue weighted by atomic mass is 10.0. The first-order chi connectivity index (χ1) is 10.3. The Labute approximate surface area is 128 Å². The standard InChI is InChI=1S/C15H21F2N3O2/c1-5-13(11-7-6-10(16)8-12(11)17)19-15(22)18-9(2)14(21)20(3)4/h6-9,13H,5H2,1-4H3,(H2,18,19,22)/t9-,13-/m1/s1. The molecule has 0 spiro atoms. The van der Waals surface area contributed by atoms with E-state index in [0.29, 0.717) is 6.42 Å². The number of halogens is 2. The van der Waals surface area contributed by atoms with E-state index in [1.165, 1.54) is 11.0 Å². The Morgan fingerprint density at radius 1 is 1.23 bits per heavy atom. The molecule has 122 valence electrons. The van der Waals surface area contributed by atoms with Crippen LogP contribution < -0.4 is 10.6 Å². The molecule has 2 N–H and O–H groups in total. The van der Waals surface area contributed by atoms with Gasteiger partial charge in [0.05, 0.1) is 6.04 Å². The molecule has 0 aromatic heterocycles. The number of urea groups is 1. The highest BCUT2D eigenvalue weighted by atomic mass is 19.1. The monoisotopic (exact) mass is 313 g/mol. The highest BCUT2D eigenvalue weighted by Crippen LogP contribution is 2.20. The van der Waals surface area contributed by atoms with Crippen LogP contribution in [0.4, 0.5) is 13.6 Å². The molecule has 0 unspecified atom stereocenters. The van der Waals surface area contributed by atoms with Crippen LogP contribution in [-0.2, 0) is 4.79 Å². The lowest BCUT2D eigenvalue weighted by molar-refractivity contribution is -0.130. The minimum absolute atomic E-state index is 0.200. The number of hydrogen-bond donors (Lipinski definition) is 2. The van der Waals surface area contributed by atoms with Crippen molar-refractivity contribution in [1.29, 1.82) is 0 Å². The molecule has 1 rings (SSSR count). The summed E-state index contributed by atoms with van der Waals surface area (Å²) >= 11 is 0. The van der Waals surface area contributed by atoms with Gasteiger partial charge in [0.15, 0.2) is 0 Å². The molecule has 0 aliphatic carbocycles. The fraction of sp³-hybridized carbons (Fsp3) is 0.467. The van der Waals surface area contributed by atoms with Crippen molar-refractivity contribution in [2.24, 2.45) is 0 Å². The minimum atomic E-state index is -0.718. The van der Waals surface area contributed by atoms with E-state index >= 15 is 0 Å². The molecule has 0 bridgehead atoms. The molecule has 0 saturated heterocycles. The summed E-state index contributed by atoms with van der Waals surface area (Å²) in [6.07, 6.45) is 0.423. The van der Waals surface area contributed by atoms with Crippen molar-refractivity contribution in [3.8, 4) is 0 Å². The summed E-state index contributed by atoms with van der Waals surface area (Å²) in [5, 5.41) is 5.07. The van der Waals surface area contributed by atoms with E-state index in [0.717, 1.165) is 12.1 Å². The maximum atomic E-state index is 13.8. The van der Waals surface area contributed by atoms with Crippen molar-refractivity contribution >= 4 is 11.9 Å². The van der Waals surface area contributed by atoms with Gasteiger partial charge in [-0.1, -0.05) is 13.0 Å². The smallest absolute Gasteiger partial charge is 0.315 e. The third-order valence-corrected chi connectivity index (χ3v) is 3.21. The van der Waals surface area contributed by atoms with Gasteiger partial charge in [0, 0.05) is 25.7 Å². The molecule has 0 radical (unpaired) electrons. The second-order valence-corrected chi connectivity index (χ2v) is 5.20. The van der Waals surface area contributed by atoms with Gasteiger partial charge in [0.25, 0.3) is 0 Å². The summed E-state index contributed by atoms with van der Waals surface area (Å²) < 4.78 is 26.7. The van der Waals surface area contributed by atoms with E-state index in [-0.39, 0.29) is 11.5 Å². The van der Waals surface area contributed by atoms with Crippen LogP contribution in [-0.4, -0.2) is 37.0 Å². The largest absolute Gasteiger partial charge is 0.347 e. The van der Waals surface area contributed by atoms with Crippen molar-refractivity contribution in [3.63, 3.8) is 0 Å². The normalized spacial score (nSPS) is 13.2. The Morgan fingerprint density at radius 3 is 2.36 bits per heavy atom. The molecule has 1 aromatic rings. The summed E-state index contributed by atoms with van der Waals surface area (Å²) in [5.41, 5.74) is 0.200. The average molecular weight is 313 g/mol. The maximum absolute atomic E-state index is 13.8. The number of carbonyl (C=O) groups is 2. The third-order valence-electron chi connectivity index (χ3n) is 3.21. The van der Waals surface area contributed by atoms with E-state index < -0.39 is 29.7 Å². The van der Waals surface area contributed by atoms with E-state index in [2.05, 4.69) is 10.6 Å². The van der Waals surface area contributed by atoms with Crippen molar-refractivity contribution in [2.75, 3.05) is 14.1 Å². The van der Waals surface area contributed by atoms with Crippen LogP contribution in [0.3, 0.4) is 0 Å². The molecule has 0 saturated carbocycles. The lowest BCUT2D eigenvalue weighted by Crippen LogP contribution is -2.48. The first-order valence-corrected chi connectivity index (χ1v) is 6.99. The Bertz CT molecular complexity index is 550. The fourth-order valence-electron chi connectivity index (χ4n) is 2.03. The van der Waals surface area contributed by atoms with Gasteiger partial charge in [-0.05, 0) is 19.4 Å². The van der Waals surface area contributed by atoms with Gasteiger partial charge in [0.1, 0.15) is 17.7 Å². The van der Waals surface area contributed by atoms with Crippen molar-refractivity contribution in [3.05, 3.63) is 35.4 Å². The van der Waals surface area contributed by atoms with Gasteiger partial charge < -0.3 is 15.5 Å². The highest BCUT2D eigenvalue weighted by Gasteiger charge is 2.21. The Balaban J connectivity index is 2.74. The first kappa shape index (κ1) is 17.9. The van der Waals surface area contributed by atoms with Gasteiger partial charge in [-0.3, -0.25) is 4.79 Å². The van der Waals surface area contributed by atoms with Crippen LogP contribution in [0.2, 0.25) is 0 Å². The highest BCUT2D eigenvalue weighted by molar-refractivity contribution is 5.86. The zero-order valence-electron chi connectivity index (χ0n) is 13.1. The summed E-state index contributed by atoms with van der Waals surface area (Å²) in [6.45, 7) is 3.32. The van der Waals surface area contributed by atoms with Gasteiger partial charge >= 0.3 is 6.03 Å². The second kappa shape index (κ2) is 7.72. The minimum Gasteiger partial charge on any atom is -0.347 e. The molecule has 2 atom stereocenters. The van der Waals surface area contributed by atoms with Gasteiger partial charge in [0.2, 0.25) is 5.91 Å². The third kappa shape index (κ3) is 4.68. The summed E-state index contributed by atoms with van der Waals surface area (Å²) in [7, 11) is 3.17. The van der Waals surface area contributed by atoms with Crippen LogP contribution in [0.25, 0.3) is 0 Å². The molecule has 0 heterocycles. The van der Waals surface area contributed by atoms with Crippen LogP contribution in [0, 0.1) is 11.6 Å². The predicted octanol–water partition coefficient (Wildman–Crippen LogP) is 2.19. The fourth-order valence-corrected chi connectivity index (χ4v) is 2.03. The maximum Gasteiger partial charge on any atom is 0.315 e. The van der Waals surface area contributed by atoms with E-state index in [1.807, 2.05) is 0 Å². The summed E-state index contributed by atoms with van der Waals surface area (Å²) in [4.78, 5) is 25.0. The lowest BCUT2D eigenvalue weighted by Gasteiger charge is -2.22. The topological polar surface area (TPSA) is 61.4 Å². The summed E-state index contributed by atoms with van der Waals surface area (Å²) in [5.74, 6) is -1.65.